The Kier molecular flexibility index (Phi) is 2.29. The number of pyridine rings is 1. The van der Waals surface area contributed by atoms with E-state index in [9.17, 15) is 0 Å². The number of ether oxygens (including phenoxy) is 1. The molecular formula is C12H15N3O. The second kappa shape index (κ2) is 3.79. The van der Waals surface area contributed by atoms with Crippen molar-refractivity contribution in [3.63, 3.8) is 0 Å². The minimum Gasteiger partial charge on any atom is -0.385 e. The molecule has 16 heavy (non-hydrogen) atoms. The van der Waals surface area contributed by atoms with Crippen molar-refractivity contribution in [3.8, 4) is 0 Å². The topological polar surface area (TPSA) is 52.5 Å². The lowest BCUT2D eigenvalue weighted by Gasteiger charge is -2.05. The molecule has 84 valence electrons. The summed E-state index contributed by atoms with van der Waals surface area (Å²) < 4.78 is 7.52. The summed E-state index contributed by atoms with van der Waals surface area (Å²) in [5.41, 5.74) is 7.84. The van der Waals surface area contributed by atoms with Crippen molar-refractivity contribution in [1.82, 2.24) is 9.38 Å². The van der Waals surface area contributed by atoms with Gasteiger partial charge in [-0.3, -0.25) is 4.40 Å². The van der Waals surface area contributed by atoms with Gasteiger partial charge in [0.1, 0.15) is 11.5 Å². The van der Waals surface area contributed by atoms with Crippen molar-refractivity contribution in [2.75, 3.05) is 12.3 Å². The van der Waals surface area contributed by atoms with Gasteiger partial charge in [0.15, 0.2) is 0 Å². The highest BCUT2D eigenvalue weighted by atomic mass is 16.5. The summed E-state index contributed by atoms with van der Waals surface area (Å²) in [6, 6.07) is 5.77. The SMILES string of the molecule is Nc1cccc2nc(CC3CCCO3)cn12. The highest BCUT2D eigenvalue weighted by Gasteiger charge is 2.17. The van der Waals surface area contributed by atoms with Gasteiger partial charge in [0.2, 0.25) is 0 Å². The molecule has 0 radical (unpaired) electrons. The van der Waals surface area contributed by atoms with Gasteiger partial charge in [-0.25, -0.2) is 4.98 Å². The Labute approximate surface area is 94.0 Å². The third-order valence-electron chi connectivity index (χ3n) is 3.03. The van der Waals surface area contributed by atoms with Gasteiger partial charge < -0.3 is 10.5 Å². The molecule has 4 nitrogen and oxygen atoms in total. The molecule has 1 saturated heterocycles. The van der Waals surface area contributed by atoms with Crippen LogP contribution in [-0.2, 0) is 11.2 Å². The van der Waals surface area contributed by atoms with Gasteiger partial charge in [-0.15, -0.1) is 0 Å². The standard InChI is InChI=1S/C12H15N3O/c13-11-4-1-5-12-14-9(8-15(11)12)7-10-3-2-6-16-10/h1,4-5,8,10H,2-3,6-7,13H2. The number of nitrogens with zero attached hydrogens (tertiary/aromatic N) is 2. The molecule has 1 fully saturated rings. The van der Waals surface area contributed by atoms with Crippen LogP contribution >= 0.6 is 0 Å². The van der Waals surface area contributed by atoms with Crippen LogP contribution < -0.4 is 5.73 Å². The van der Waals surface area contributed by atoms with E-state index in [1.165, 1.54) is 6.42 Å². The van der Waals surface area contributed by atoms with Gasteiger partial charge >= 0.3 is 0 Å². The fraction of sp³-hybridized carbons (Fsp3) is 0.417. The molecule has 0 saturated carbocycles. The number of nitrogens with two attached hydrogens (primary N) is 1. The molecule has 0 bridgehead atoms. The van der Waals surface area contributed by atoms with E-state index in [4.69, 9.17) is 10.5 Å². The first-order valence-electron chi connectivity index (χ1n) is 5.67. The maximum atomic E-state index is 5.87. The molecular weight excluding hydrogens is 202 g/mol. The van der Waals surface area contributed by atoms with E-state index in [0.29, 0.717) is 6.10 Å². The van der Waals surface area contributed by atoms with E-state index in [1.807, 2.05) is 28.8 Å². The Morgan fingerprint density at radius 2 is 2.44 bits per heavy atom. The van der Waals surface area contributed by atoms with Crippen LogP contribution in [0.1, 0.15) is 18.5 Å². The Balaban J connectivity index is 1.90. The highest BCUT2D eigenvalue weighted by Crippen LogP contribution is 2.18. The molecule has 0 amide bonds. The third-order valence-corrected chi connectivity index (χ3v) is 3.03. The van der Waals surface area contributed by atoms with E-state index >= 15 is 0 Å². The first-order valence-corrected chi connectivity index (χ1v) is 5.67. The Morgan fingerprint density at radius 1 is 1.50 bits per heavy atom. The molecule has 2 aromatic heterocycles. The van der Waals surface area contributed by atoms with Crippen LogP contribution in [0.3, 0.4) is 0 Å². The Bertz CT molecular complexity index is 500. The summed E-state index contributed by atoms with van der Waals surface area (Å²) in [4.78, 5) is 4.54. The molecule has 0 aliphatic carbocycles. The largest absolute Gasteiger partial charge is 0.385 e. The minimum absolute atomic E-state index is 0.339. The second-order valence-electron chi connectivity index (χ2n) is 4.25. The number of imidazole rings is 1. The van der Waals surface area contributed by atoms with Crippen LogP contribution in [0.5, 0.6) is 0 Å². The van der Waals surface area contributed by atoms with Crippen LogP contribution in [0.4, 0.5) is 5.82 Å². The lowest BCUT2D eigenvalue weighted by molar-refractivity contribution is 0.111. The van der Waals surface area contributed by atoms with Crippen molar-refractivity contribution in [1.29, 1.82) is 0 Å². The zero-order chi connectivity index (χ0) is 11.0. The third kappa shape index (κ3) is 1.65. The van der Waals surface area contributed by atoms with Crippen molar-refractivity contribution in [2.24, 2.45) is 0 Å². The normalized spacial score (nSPS) is 20.6. The van der Waals surface area contributed by atoms with E-state index in [-0.39, 0.29) is 0 Å². The number of fused-ring (bicyclic) bond motifs is 1. The predicted octanol–water partition coefficient (Wildman–Crippen LogP) is 1.64. The number of hydrogen-bond acceptors (Lipinski definition) is 3. The molecule has 2 aromatic rings. The number of hydrogen-bond donors (Lipinski definition) is 1. The van der Waals surface area contributed by atoms with Gasteiger partial charge in [0.05, 0.1) is 11.8 Å². The van der Waals surface area contributed by atoms with Crippen LogP contribution in [0.25, 0.3) is 5.65 Å². The summed E-state index contributed by atoms with van der Waals surface area (Å²) in [7, 11) is 0. The summed E-state index contributed by atoms with van der Waals surface area (Å²) >= 11 is 0. The summed E-state index contributed by atoms with van der Waals surface area (Å²) in [6.07, 6.45) is 5.54. The first-order chi connectivity index (χ1) is 7.83. The van der Waals surface area contributed by atoms with E-state index < -0.39 is 0 Å². The summed E-state index contributed by atoms with van der Waals surface area (Å²) in [5, 5.41) is 0. The van der Waals surface area contributed by atoms with Gasteiger partial charge in [-0.05, 0) is 25.0 Å². The maximum absolute atomic E-state index is 5.87. The monoisotopic (exact) mass is 217 g/mol. The fourth-order valence-corrected chi connectivity index (χ4v) is 2.22. The molecule has 0 spiro atoms. The average Bonchev–Trinajstić information content (AvgIpc) is 2.88. The average molecular weight is 217 g/mol. The number of rotatable bonds is 2. The molecule has 0 aromatic carbocycles. The van der Waals surface area contributed by atoms with Crippen molar-refractivity contribution in [3.05, 3.63) is 30.1 Å². The van der Waals surface area contributed by atoms with Crippen LogP contribution in [-0.4, -0.2) is 22.1 Å². The van der Waals surface area contributed by atoms with Crippen molar-refractivity contribution in [2.45, 2.75) is 25.4 Å². The lowest BCUT2D eigenvalue weighted by atomic mass is 10.1. The van der Waals surface area contributed by atoms with E-state index in [1.54, 1.807) is 0 Å². The number of anilines is 1. The molecule has 2 N–H and O–H groups in total. The molecule has 1 unspecified atom stereocenters. The van der Waals surface area contributed by atoms with Gasteiger partial charge in [-0.1, -0.05) is 6.07 Å². The first kappa shape index (κ1) is 9.66. The molecule has 1 aliphatic heterocycles. The summed E-state index contributed by atoms with van der Waals surface area (Å²) in [6.45, 7) is 0.889. The van der Waals surface area contributed by atoms with Gasteiger partial charge in [0.25, 0.3) is 0 Å². The molecule has 3 rings (SSSR count). The molecule has 1 atom stereocenters. The molecule has 1 aliphatic rings. The van der Waals surface area contributed by atoms with Gasteiger partial charge in [-0.2, -0.15) is 0 Å². The zero-order valence-corrected chi connectivity index (χ0v) is 9.10. The number of nitrogen functional groups attached to an aromatic ring is 1. The fourth-order valence-electron chi connectivity index (χ4n) is 2.22. The maximum Gasteiger partial charge on any atom is 0.138 e. The summed E-state index contributed by atoms with van der Waals surface area (Å²) in [5.74, 6) is 0.726. The van der Waals surface area contributed by atoms with E-state index in [0.717, 1.165) is 36.6 Å². The van der Waals surface area contributed by atoms with Crippen LogP contribution in [0, 0.1) is 0 Å². The highest BCUT2D eigenvalue weighted by molar-refractivity contribution is 5.48. The van der Waals surface area contributed by atoms with Crippen molar-refractivity contribution < 1.29 is 4.74 Å². The van der Waals surface area contributed by atoms with Crippen molar-refractivity contribution >= 4 is 11.5 Å². The number of aromatic nitrogens is 2. The Morgan fingerprint density at radius 3 is 3.19 bits per heavy atom. The second-order valence-corrected chi connectivity index (χ2v) is 4.25. The molecule has 4 heteroatoms. The lowest BCUT2D eigenvalue weighted by Crippen LogP contribution is -2.08. The zero-order valence-electron chi connectivity index (χ0n) is 9.10. The quantitative estimate of drug-likeness (QED) is 0.832. The van der Waals surface area contributed by atoms with Crippen LogP contribution in [0.2, 0.25) is 0 Å². The minimum atomic E-state index is 0.339. The molecule has 3 heterocycles. The van der Waals surface area contributed by atoms with E-state index in [2.05, 4.69) is 4.98 Å². The van der Waals surface area contributed by atoms with Crippen LogP contribution in [0.15, 0.2) is 24.4 Å². The Hall–Kier alpha value is -1.55. The van der Waals surface area contributed by atoms with Gasteiger partial charge in [0, 0.05) is 19.2 Å². The predicted molar refractivity (Wildman–Crippen MR) is 62.3 cm³/mol. The smallest absolute Gasteiger partial charge is 0.138 e.